The molecule has 1 saturated carbocycles. The molecule has 3 aromatic rings. The van der Waals surface area contributed by atoms with E-state index in [4.69, 9.17) is 0 Å². The Kier molecular flexibility index (Phi) is 6.55. The van der Waals surface area contributed by atoms with E-state index in [2.05, 4.69) is 22.8 Å². The summed E-state index contributed by atoms with van der Waals surface area (Å²) < 4.78 is 0. The fourth-order valence-corrected chi connectivity index (χ4v) is 4.03. The van der Waals surface area contributed by atoms with Crippen molar-refractivity contribution < 1.29 is 9.59 Å². The van der Waals surface area contributed by atoms with Gasteiger partial charge in [-0.1, -0.05) is 60.7 Å². The summed E-state index contributed by atoms with van der Waals surface area (Å²) in [7, 11) is 3.81. The fourth-order valence-electron chi connectivity index (χ4n) is 4.03. The number of anilines is 2. The smallest absolute Gasteiger partial charge is 0.253 e. The van der Waals surface area contributed by atoms with Crippen LogP contribution in [0.25, 0.3) is 0 Å². The van der Waals surface area contributed by atoms with Gasteiger partial charge in [0.1, 0.15) is 0 Å². The summed E-state index contributed by atoms with van der Waals surface area (Å²) in [6, 6.07) is 25.7. The van der Waals surface area contributed by atoms with Gasteiger partial charge in [-0.05, 0) is 48.1 Å². The van der Waals surface area contributed by atoms with Crippen LogP contribution in [0.3, 0.4) is 0 Å². The second-order valence-electron chi connectivity index (χ2n) is 8.47. The van der Waals surface area contributed by atoms with Gasteiger partial charge in [0.2, 0.25) is 5.91 Å². The van der Waals surface area contributed by atoms with Crippen molar-refractivity contribution in [2.24, 2.45) is 5.92 Å². The van der Waals surface area contributed by atoms with Crippen LogP contribution in [0, 0.1) is 5.92 Å². The number of carbonyl (C=O) groups excluding carboxylic acids is 2. The third-order valence-electron chi connectivity index (χ3n) is 5.89. The second kappa shape index (κ2) is 9.69. The predicted octanol–water partition coefficient (Wildman–Crippen LogP) is 4.47. The van der Waals surface area contributed by atoms with Gasteiger partial charge in [0, 0.05) is 37.9 Å². The van der Waals surface area contributed by atoms with Crippen LogP contribution in [-0.4, -0.2) is 32.5 Å². The quantitative estimate of drug-likeness (QED) is 0.558. The lowest BCUT2D eigenvalue weighted by molar-refractivity contribution is -0.117. The maximum Gasteiger partial charge on any atom is 0.253 e. The van der Waals surface area contributed by atoms with Gasteiger partial charge in [0.15, 0.2) is 0 Å². The molecule has 1 fully saturated rings. The molecular weight excluding hydrogens is 398 g/mol. The van der Waals surface area contributed by atoms with E-state index in [1.165, 1.54) is 11.1 Å². The third-order valence-corrected chi connectivity index (χ3v) is 5.89. The van der Waals surface area contributed by atoms with E-state index in [0.717, 1.165) is 18.5 Å². The molecule has 32 heavy (non-hydrogen) atoms. The fraction of sp³-hybridized carbons (Fsp3) is 0.259. The summed E-state index contributed by atoms with van der Waals surface area (Å²) in [6.07, 6.45) is 1.63. The molecule has 0 unspecified atom stereocenters. The number of nitrogens with zero attached hydrogens (tertiary/aromatic N) is 1. The maximum absolute atomic E-state index is 12.9. The summed E-state index contributed by atoms with van der Waals surface area (Å²) in [5, 5.41) is 6.02. The zero-order valence-corrected chi connectivity index (χ0v) is 18.5. The van der Waals surface area contributed by atoms with Gasteiger partial charge in [-0.2, -0.15) is 0 Å². The van der Waals surface area contributed by atoms with Crippen LogP contribution in [-0.2, 0) is 11.2 Å². The van der Waals surface area contributed by atoms with Crippen LogP contribution in [0.5, 0.6) is 0 Å². The van der Waals surface area contributed by atoms with Crippen molar-refractivity contribution in [2.45, 2.75) is 18.8 Å². The zero-order valence-electron chi connectivity index (χ0n) is 18.5. The molecule has 0 spiro atoms. The van der Waals surface area contributed by atoms with E-state index < -0.39 is 0 Å². The van der Waals surface area contributed by atoms with Crippen LogP contribution in [0.15, 0.2) is 78.9 Å². The highest BCUT2D eigenvalue weighted by atomic mass is 16.2. The zero-order chi connectivity index (χ0) is 22.5. The Balaban J connectivity index is 1.41. The molecule has 0 aliphatic heterocycles. The van der Waals surface area contributed by atoms with Gasteiger partial charge in [-0.3, -0.25) is 9.59 Å². The molecule has 0 aromatic heterocycles. The number of benzene rings is 3. The Morgan fingerprint density at radius 3 is 2.31 bits per heavy atom. The largest absolute Gasteiger partial charge is 0.377 e. The van der Waals surface area contributed by atoms with Crippen LogP contribution in [0.4, 0.5) is 11.4 Å². The van der Waals surface area contributed by atoms with Gasteiger partial charge in [-0.15, -0.1) is 0 Å². The molecule has 2 atom stereocenters. The van der Waals surface area contributed by atoms with Crippen molar-refractivity contribution in [3.63, 3.8) is 0 Å². The highest BCUT2D eigenvalue weighted by Gasteiger charge is 2.43. The third kappa shape index (κ3) is 5.17. The molecule has 4 rings (SSSR count). The van der Waals surface area contributed by atoms with Crippen molar-refractivity contribution in [1.29, 1.82) is 0 Å². The van der Waals surface area contributed by atoms with Crippen molar-refractivity contribution in [1.82, 2.24) is 5.32 Å². The van der Waals surface area contributed by atoms with Crippen molar-refractivity contribution in [3.8, 4) is 0 Å². The first-order valence-electron chi connectivity index (χ1n) is 11.0. The van der Waals surface area contributed by atoms with Crippen molar-refractivity contribution >= 4 is 23.2 Å². The van der Waals surface area contributed by atoms with E-state index in [1.54, 1.807) is 6.07 Å². The average Bonchev–Trinajstić information content (AvgIpc) is 3.61. The molecule has 2 N–H and O–H groups in total. The summed E-state index contributed by atoms with van der Waals surface area (Å²) in [4.78, 5) is 27.6. The monoisotopic (exact) mass is 427 g/mol. The molecule has 1 aliphatic rings. The van der Waals surface area contributed by atoms with Gasteiger partial charge >= 0.3 is 0 Å². The van der Waals surface area contributed by atoms with Crippen LogP contribution < -0.4 is 15.5 Å². The first-order valence-corrected chi connectivity index (χ1v) is 11.0. The highest BCUT2D eigenvalue weighted by molar-refractivity contribution is 6.02. The van der Waals surface area contributed by atoms with Crippen molar-refractivity contribution in [3.05, 3.63) is 95.6 Å². The standard InChI is InChI=1S/C27H29N3O2/c1-30(2)25-14-13-21(29-27(32)23-18-22(23)20-11-7-4-8-12-20)17-24(25)26(31)28-16-15-19-9-5-3-6-10-19/h3-14,17,22-23H,15-16,18H2,1-2H3,(H,28,31)(H,29,32)/t22-,23+/m0/s1. The minimum absolute atomic E-state index is 0.00638. The Morgan fingerprint density at radius 1 is 0.938 bits per heavy atom. The number of hydrogen-bond donors (Lipinski definition) is 2. The summed E-state index contributed by atoms with van der Waals surface area (Å²) in [6.45, 7) is 0.549. The van der Waals surface area contributed by atoms with Gasteiger partial charge in [0.05, 0.1) is 5.56 Å². The van der Waals surface area contributed by atoms with Gasteiger partial charge in [-0.25, -0.2) is 0 Å². The normalized spacial score (nSPS) is 16.8. The molecule has 5 heteroatoms. The highest BCUT2D eigenvalue weighted by Crippen LogP contribution is 2.47. The molecule has 3 aromatic carbocycles. The number of amides is 2. The molecule has 5 nitrogen and oxygen atoms in total. The SMILES string of the molecule is CN(C)c1ccc(NC(=O)[C@@H]2C[C@H]2c2ccccc2)cc1C(=O)NCCc1ccccc1. The topological polar surface area (TPSA) is 61.4 Å². The lowest BCUT2D eigenvalue weighted by Crippen LogP contribution is -2.28. The molecule has 164 valence electrons. The van der Waals surface area contributed by atoms with Gasteiger partial charge in [0.25, 0.3) is 5.91 Å². The van der Waals surface area contributed by atoms with Gasteiger partial charge < -0.3 is 15.5 Å². The maximum atomic E-state index is 12.9. The molecular formula is C27H29N3O2. The molecule has 1 aliphatic carbocycles. The average molecular weight is 428 g/mol. The first kappa shape index (κ1) is 21.6. The Morgan fingerprint density at radius 2 is 1.62 bits per heavy atom. The minimum Gasteiger partial charge on any atom is -0.377 e. The van der Waals surface area contributed by atoms with Crippen LogP contribution >= 0.6 is 0 Å². The molecule has 0 radical (unpaired) electrons. The van der Waals surface area contributed by atoms with E-state index in [-0.39, 0.29) is 23.7 Å². The first-order chi connectivity index (χ1) is 15.5. The summed E-state index contributed by atoms with van der Waals surface area (Å²) in [5.41, 5.74) is 4.39. The minimum atomic E-state index is -0.144. The van der Waals surface area contributed by atoms with Crippen molar-refractivity contribution in [2.75, 3.05) is 30.9 Å². The van der Waals surface area contributed by atoms with Crippen LogP contribution in [0.2, 0.25) is 0 Å². The lowest BCUT2D eigenvalue weighted by atomic mass is 10.1. The molecule has 0 saturated heterocycles. The van der Waals surface area contributed by atoms with E-state index in [9.17, 15) is 9.59 Å². The van der Waals surface area contributed by atoms with E-state index in [0.29, 0.717) is 17.8 Å². The molecule has 2 amide bonds. The number of hydrogen-bond acceptors (Lipinski definition) is 3. The molecule has 0 bridgehead atoms. The van der Waals surface area contributed by atoms with E-state index in [1.807, 2.05) is 79.7 Å². The number of rotatable bonds is 8. The Labute approximate surface area is 189 Å². The summed E-state index contributed by atoms with van der Waals surface area (Å²) in [5.74, 6) is 0.119. The van der Waals surface area contributed by atoms with Crippen LogP contribution in [0.1, 0.15) is 33.8 Å². The second-order valence-corrected chi connectivity index (χ2v) is 8.47. The number of carbonyl (C=O) groups is 2. The Hall–Kier alpha value is -3.60. The Bertz CT molecular complexity index is 1080. The summed E-state index contributed by atoms with van der Waals surface area (Å²) >= 11 is 0. The predicted molar refractivity (Wildman–Crippen MR) is 129 cm³/mol. The molecule has 0 heterocycles. The number of nitrogens with one attached hydrogen (secondary N) is 2. The lowest BCUT2D eigenvalue weighted by Gasteiger charge is -2.18. The van der Waals surface area contributed by atoms with E-state index >= 15 is 0 Å².